The number of methoxy groups -OCH3 is 1. The highest BCUT2D eigenvalue weighted by Crippen LogP contribution is 2.67. The molecule has 4 heteroatoms. The highest BCUT2D eigenvalue weighted by molar-refractivity contribution is 5.87. The lowest BCUT2D eigenvalue weighted by molar-refractivity contribution is -0.145. The number of hydrogen-bond donors (Lipinski definition) is 1. The number of carbonyl (C=O) groups is 1. The van der Waals surface area contributed by atoms with Gasteiger partial charge in [-0.3, -0.25) is 0 Å². The van der Waals surface area contributed by atoms with Gasteiger partial charge >= 0.3 is 5.97 Å². The van der Waals surface area contributed by atoms with Crippen LogP contribution in [0.25, 0.3) is 6.08 Å². The van der Waals surface area contributed by atoms with Crippen molar-refractivity contribution in [3.8, 4) is 11.5 Å². The molecule has 226 valence electrons. The molecule has 8 atom stereocenters. The molecule has 4 aliphatic carbocycles. The summed E-state index contributed by atoms with van der Waals surface area (Å²) in [6.45, 7) is 12.5. The third-order valence-corrected chi connectivity index (χ3v) is 12.2. The Bertz CT molecular complexity index is 1150. The van der Waals surface area contributed by atoms with Gasteiger partial charge in [-0.05, 0) is 115 Å². The van der Waals surface area contributed by atoms with E-state index >= 15 is 0 Å². The Hall–Kier alpha value is -2.23. The molecule has 41 heavy (non-hydrogen) atoms. The predicted octanol–water partition coefficient (Wildman–Crippen LogP) is 9.37. The van der Waals surface area contributed by atoms with Gasteiger partial charge in [-0.25, -0.2) is 4.79 Å². The number of fused-ring (bicyclic) bond motifs is 5. The summed E-state index contributed by atoms with van der Waals surface area (Å²) >= 11 is 0. The number of phenolic OH excluding ortho intramolecular Hbond substituents is 1. The van der Waals surface area contributed by atoms with Crippen LogP contribution in [0.1, 0.15) is 111 Å². The van der Waals surface area contributed by atoms with Crippen LogP contribution in [-0.2, 0) is 9.53 Å². The number of carbonyl (C=O) groups excluding carboxylic acids is 1. The smallest absolute Gasteiger partial charge is 0.331 e. The van der Waals surface area contributed by atoms with Crippen LogP contribution in [0, 0.1) is 46.3 Å². The summed E-state index contributed by atoms with van der Waals surface area (Å²) < 4.78 is 11.1. The van der Waals surface area contributed by atoms with E-state index in [1.165, 1.54) is 64.6 Å². The van der Waals surface area contributed by atoms with Crippen LogP contribution in [0.4, 0.5) is 0 Å². The molecule has 3 saturated carbocycles. The maximum absolute atomic E-state index is 12.7. The fraction of sp³-hybridized carbons (Fsp3) is 0.703. The van der Waals surface area contributed by atoms with Crippen LogP contribution in [0.5, 0.6) is 11.5 Å². The lowest BCUT2D eigenvalue weighted by atomic mass is 9.47. The molecule has 0 amide bonds. The average Bonchev–Trinajstić information content (AvgIpc) is 3.30. The molecule has 4 nitrogen and oxygen atoms in total. The molecule has 0 bridgehead atoms. The molecule has 0 spiro atoms. The molecule has 0 saturated heterocycles. The van der Waals surface area contributed by atoms with Crippen molar-refractivity contribution in [1.29, 1.82) is 0 Å². The fourth-order valence-electron chi connectivity index (χ4n) is 9.92. The van der Waals surface area contributed by atoms with Gasteiger partial charge in [0, 0.05) is 12.5 Å². The maximum Gasteiger partial charge on any atom is 0.331 e. The molecule has 0 unspecified atom stereocenters. The van der Waals surface area contributed by atoms with Crippen molar-refractivity contribution < 1.29 is 19.4 Å². The molecule has 0 heterocycles. The quantitative estimate of drug-likeness (QED) is 0.185. The van der Waals surface area contributed by atoms with E-state index in [0.717, 1.165) is 60.3 Å². The van der Waals surface area contributed by atoms with E-state index in [9.17, 15) is 9.90 Å². The number of hydrogen-bond acceptors (Lipinski definition) is 4. The summed E-state index contributed by atoms with van der Waals surface area (Å²) in [4.78, 5) is 12.7. The van der Waals surface area contributed by atoms with Crippen molar-refractivity contribution >= 4 is 12.0 Å². The summed E-state index contributed by atoms with van der Waals surface area (Å²) in [5.41, 5.74) is 3.11. The van der Waals surface area contributed by atoms with E-state index in [1.807, 2.05) is 0 Å². The standard InChI is InChI=1S/C37H54O4/c1-24(2)8-7-9-25(3)30-14-15-31-29-13-12-27-23-28(18-20-36(27,4)32(29)19-21-37(30,31)5)41-35(39)17-11-26-10-16-33(38)34(22-26)40-6/h10-12,16-17,22,24-25,28-32,38H,7-9,13-15,18-21,23H2,1-6H3/t25-,28+,29+,30+,31+,32-,36+,37-/m1/s1. The minimum atomic E-state index is -0.298. The molecule has 0 radical (unpaired) electrons. The van der Waals surface area contributed by atoms with Gasteiger partial charge in [-0.2, -0.15) is 0 Å². The lowest BCUT2D eigenvalue weighted by Gasteiger charge is -2.58. The number of aromatic hydroxyl groups is 1. The van der Waals surface area contributed by atoms with Crippen molar-refractivity contribution in [1.82, 2.24) is 0 Å². The largest absolute Gasteiger partial charge is 0.504 e. The van der Waals surface area contributed by atoms with Gasteiger partial charge in [0.05, 0.1) is 7.11 Å². The van der Waals surface area contributed by atoms with Crippen LogP contribution in [-0.4, -0.2) is 24.3 Å². The van der Waals surface area contributed by atoms with Gasteiger partial charge < -0.3 is 14.6 Å². The molecule has 3 fully saturated rings. The van der Waals surface area contributed by atoms with Gasteiger partial charge in [-0.1, -0.05) is 71.6 Å². The van der Waals surface area contributed by atoms with Crippen LogP contribution in [0.2, 0.25) is 0 Å². The van der Waals surface area contributed by atoms with Gasteiger partial charge in [0.25, 0.3) is 0 Å². The number of esters is 1. The van der Waals surface area contributed by atoms with Crippen molar-refractivity contribution in [2.24, 2.45) is 46.3 Å². The SMILES string of the molecule is COc1cc(C=CC(=O)O[C@H]2CC[C@@]3(C)C(=CC[C@@H]4[C@H]3CC[C@@]3(C)[C@H]4CC[C@H]3[C@H](C)CCCC(C)C)C2)ccc1O. The molecule has 1 aromatic carbocycles. The van der Waals surface area contributed by atoms with Crippen molar-refractivity contribution in [2.75, 3.05) is 7.11 Å². The zero-order chi connectivity index (χ0) is 29.4. The fourth-order valence-corrected chi connectivity index (χ4v) is 9.92. The van der Waals surface area contributed by atoms with E-state index in [1.54, 1.807) is 29.8 Å². The third kappa shape index (κ3) is 6.00. The van der Waals surface area contributed by atoms with Crippen molar-refractivity contribution in [2.45, 2.75) is 111 Å². The normalized spacial score (nSPS) is 35.4. The first-order chi connectivity index (χ1) is 19.5. The van der Waals surface area contributed by atoms with Crippen molar-refractivity contribution in [3.05, 3.63) is 41.5 Å². The number of ether oxygens (including phenoxy) is 2. The Balaban J connectivity index is 1.21. The number of rotatable bonds is 9. The Kier molecular flexibility index (Phi) is 8.98. The summed E-state index contributed by atoms with van der Waals surface area (Å²) in [5, 5.41) is 9.80. The average molecular weight is 563 g/mol. The van der Waals surface area contributed by atoms with Crippen LogP contribution >= 0.6 is 0 Å². The van der Waals surface area contributed by atoms with E-state index in [2.05, 4.69) is 40.7 Å². The zero-order valence-electron chi connectivity index (χ0n) is 26.5. The second-order valence-corrected chi connectivity index (χ2v) is 14.9. The van der Waals surface area contributed by atoms with Gasteiger partial charge in [0.1, 0.15) is 6.10 Å². The van der Waals surface area contributed by atoms with Crippen LogP contribution in [0.15, 0.2) is 35.9 Å². The van der Waals surface area contributed by atoms with Crippen molar-refractivity contribution in [3.63, 3.8) is 0 Å². The lowest BCUT2D eigenvalue weighted by Crippen LogP contribution is -2.51. The highest BCUT2D eigenvalue weighted by Gasteiger charge is 2.59. The Morgan fingerprint density at radius 1 is 1.07 bits per heavy atom. The third-order valence-electron chi connectivity index (χ3n) is 12.2. The first-order valence-corrected chi connectivity index (χ1v) is 16.5. The van der Waals surface area contributed by atoms with E-state index < -0.39 is 0 Å². The molecule has 1 aromatic rings. The summed E-state index contributed by atoms with van der Waals surface area (Å²) in [6.07, 6.45) is 19.7. The number of phenols is 1. The minimum Gasteiger partial charge on any atom is -0.504 e. The van der Waals surface area contributed by atoms with Crippen LogP contribution < -0.4 is 4.74 Å². The molecule has 0 aromatic heterocycles. The molecular weight excluding hydrogens is 508 g/mol. The molecular formula is C37H54O4. The van der Waals surface area contributed by atoms with E-state index in [-0.39, 0.29) is 23.2 Å². The molecule has 5 rings (SSSR count). The highest BCUT2D eigenvalue weighted by atomic mass is 16.5. The summed E-state index contributed by atoms with van der Waals surface area (Å²) in [6, 6.07) is 5.04. The Labute approximate surface area is 249 Å². The predicted molar refractivity (Wildman–Crippen MR) is 167 cm³/mol. The van der Waals surface area contributed by atoms with E-state index in [4.69, 9.17) is 9.47 Å². The first kappa shape index (κ1) is 30.2. The van der Waals surface area contributed by atoms with Gasteiger partial charge in [0.2, 0.25) is 0 Å². The molecule has 4 aliphatic rings. The monoisotopic (exact) mass is 562 g/mol. The molecule has 0 aliphatic heterocycles. The van der Waals surface area contributed by atoms with Crippen LogP contribution in [0.3, 0.4) is 0 Å². The first-order valence-electron chi connectivity index (χ1n) is 16.5. The second-order valence-electron chi connectivity index (χ2n) is 14.9. The maximum atomic E-state index is 12.7. The van der Waals surface area contributed by atoms with E-state index in [0.29, 0.717) is 11.2 Å². The van der Waals surface area contributed by atoms with Gasteiger partial charge in [-0.15, -0.1) is 0 Å². The number of benzene rings is 1. The summed E-state index contributed by atoms with van der Waals surface area (Å²) in [5.74, 6) is 5.20. The second kappa shape index (κ2) is 12.2. The minimum absolute atomic E-state index is 0.0474. The Morgan fingerprint density at radius 2 is 1.88 bits per heavy atom. The zero-order valence-corrected chi connectivity index (χ0v) is 26.5. The summed E-state index contributed by atoms with van der Waals surface area (Å²) in [7, 11) is 1.52. The topological polar surface area (TPSA) is 55.8 Å². The number of allylic oxidation sites excluding steroid dienone is 1. The van der Waals surface area contributed by atoms with Gasteiger partial charge in [0.15, 0.2) is 11.5 Å². The molecule has 1 N–H and O–H groups in total. The Morgan fingerprint density at radius 3 is 2.63 bits per heavy atom.